The van der Waals surface area contributed by atoms with Crippen LogP contribution in [0.15, 0.2) is 59.6 Å². The number of hydrogen-bond donors (Lipinski definition) is 2. The van der Waals surface area contributed by atoms with Crippen molar-refractivity contribution < 1.29 is 0 Å². The van der Waals surface area contributed by atoms with Crippen LogP contribution in [0, 0.1) is 0 Å². The molecule has 3 aromatic rings. The maximum Gasteiger partial charge on any atom is 0.191 e. The summed E-state index contributed by atoms with van der Waals surface area (Å²) in [5, 5.41) is 9.06. The lowest BCUT2D eigenvalue weighted by Gasteiger charge is -2.27. The summed E-state index contributed by atoms with van der Waals surface area (Å²) in [7, 11) is 1.81. The molecule has 30 heavy (non-hydrogen) atoms. The summed E-state index contributed by atoms with van der Waals surface area (Å²) in [6.07, 6.45) is 9.84. The van der Waals surface area contributed by atoms with E-state index < -0.39 is 0 Å². The van der Waals surface area contributed by atoms with Crippen molar-refractivity contribution in [3.05, 3.63) is 65.0 Å². The van der Waals surface area contributed by atoms with Gasteiger partial charge in [0.15, 0.2) is 5.96 Å². The second-order valence-electron chi connectivity index (χ2n) is 7.08. The molecule has 160 valence electrons. The standard InChI is InChI=1S/C21H27N7S.HI/c1-22-21(25-14-17-6-7-20(24-13-17)28-11-8-23-16-28)26-15-18(19-5-4-12-29-19)27-9-2-3-10-27;/h4-8,11-13,16,18H,2-3,9-10,14-15H2,1H3,(H2,22,25,26);1H. The third kappa shape index (κ3) is 5.79. The van der Waals surface area contributed by atoms with Crippen molar-refractivity contribution >= 4 is 41.3 Å². The van der Waals surface area contributed by atoms with E-state index in [1.807, 2.05) is 41.4 Å². The molecule has 4 rings (SSSR count). The van der Waals surface area contributed by atoms with Crippen LogP contribution in [0.2, 0.25) is 0 Å². The smallest absolute Gasteiger partial charge is 0.191 e. The fourth-order valence-electron chi connectivity index (χ4n) is 3.61. The van der Waals surface area contributed by atoms with E-state index in [2.05, 4.69) is 54.1 Å². The molecule has 4 heterocycles. The van der Waals surface area contributed by atoms with Crippen LogP contribution in [0.3, 0.4) is 0 Å². The molecule has 2 N–H and O–H groups in total. The minimum Gasteiger partial charge on any atom is -0.354 e. The molecule has 1 atom stereocenters. The first-order chi connectivity index (χ1) is 14.3. The predicted molar refractivity (Wildman–Crippen MR) is 133 cm³/mol. The van der Waals surface area contributed by atoms with Crippen LogP contribution in [-0.2, 0) is 6.54 Å². The highest BCUT2D eigenvalue weighted by molar-refractivity contribution is 14.0. The lowest BCUT2D eigenvalue weighted by molar-refractivity contribution is 0.249. The first-order valence-corrected chi connectivity index (χ1v) is 10.9. The molecule has 1 unspecified atom stereocenters. The molecule has 9 heteroatoms. The second kappa shape index (κ2) is 11.4. The molecule has 0 saturated carbocycles. The fourth-order valence-corrected chi connectivity index (χ4v) is 4.47. The number of pyridine rings is 1. The molecule has 7 nitrogen and oxygen atoms in total. The van der Waals surface area contributed by atoms with E-state index in [4.69, 9.17) is 0 Å². The number of aromatic nitrogens is 3. The highest BCUT2D eigenvalue weighted by Crippen LogP contribution is 2.27. The van der Waals surface area contributed by atoms with Gasteiger partial charge in [-0.2, -0.15) is 0 Å². The maximum absolute atomic E-state index is 4.50. The van der Waals surface area contributed by atoms with Crippen molar-refractivity contribution in [2.75, 3.05) is 26.7 Å². The number of halogens is 1. The SMILES string of the molecule is CN=C(NCc1ccc(-n2ccnc2)nc1)NCC(c1cccs1)N1CCCC1.I. The summed E-state index contributed by atoms with van der Waals surface area (Å²) in [5.41, 5.74) is 1.10. The highest BCUT2D eigenvalue weighted by atomic mass is 127. The van der Waals surface area contributed by atoms with Crippen molar-refractivity contribution in [1.29, 1.82) is 0 Å². The van der Waals surface area contributed by atoms with Crippen molar-refractivity contribution in [2.45, 2.75) is 25.4 Å². The zero-order valence-electron chi connectivity index (χ0n) is 17.1. The van der Waals surface area contributed by atoms with Crippen molar-refractivity contribution in [1.82, 2.24) is 30.1 Å². The van der Waals surface area contributed by atoms with E-state index in [9.17, 15) is 0 Å². The molecule has 1 aliphatic rings. The quantitative estimate of drug-likeness (QED) is 0.275. The van der Waals surface area contributed by atoms with E-state index in [1.165, 1.54) is 30.8 Å². The van der Waals surface area contributed by atoms with Gasteiger partial charge in [-0.3, -0.25) is 14.5 Å². The van der Waals surface area contributed by atoms with Gasteiger partial charge in [0.25, 0.3) is 0 Å². The van der Waals surface area contributed by atoms with Gasteiger partial charge >= 0.3 is 0 Å². The number of rotatable bonds is 7. The molecule has 0 amide bonds. The van der Waals surface area contributed by atoms with E-state index in [-0.39, 0.29) is 24.0 Å². The number of nitrogens with zero attached hydrogens (tertiary/aromatic N) is 5. The topological polar surface area (TPSA) is 70.4 Å². The van der Waals surface area contributed by atoms with Crippen LogP contribution < -0.4 is 10.6 Å². The maximum atomic E-state index is 4.50. The number of likely N-dealkylation sites (tertiary alicyclic amines) is 1. The molecular formula is C21H28IN7S. The summed E-state index contributed by atoms with van der Waals surface area (Å²) >= 11 is 1.83. The minimum absolute atomic E-state index is 0. The number of imidazole rings is 1. The van der Waals surface area contributed by atoms with Gasteiger partial charge in [0.2, 0.25) is 0 Å². The molecule has 1 fully saturated rings. The number of aliphatic imine (C=N–C) groups is 1. The molecule has 0 aromatic carbocycles. The molecule has 3 aromatic heterocycles. The second-order valence-corrected chi connectivity index (χ2v) is 8.05. The molecular weight excluding hydrogens is 509 g/mol. The summed E-state index contributed by atoms with van der Waals surface area (Å²) in [6.45, 7) is 3.86. The summed E-state index contributed by atoms with van der Waals surface area (Å²) < 4.78 is 1.89. The van der Waals surface area contributed by atoms with E-state index in [1.54, 1.807) is 12.5 Å². The molecule has 1 aliphatic heterocycles. The van der Waals surface area contributed by atoms with Crippen LogP contribution in [0.4, 0.5) is 0 Å². The highest BCUT2D eigenvalue weighted by Gasteiger charge is 2.24. The van der Waals surface area contributed by atoms with Gasteiger partial charge < -0.3 is 10.6 Å². The Morgan fingerprint density at radius 1 is 1.23 bits per heavy atom. The first-order valence-electron chi connectivity index (χ1n) is 9.99. The van der Waals surface area contributed by atoms with Crippen LogP contribution in [0.5, 0.6) is 0 Å². The Hall–Kier alpha value is -1.98. The third-order valence-electron chi connectivity index (χ3n) is 5.18. The van der Waals surface area contributed by atoms with Gasteiger partial charge in [-0.05, 0) is 49.0 Å². The van der Waals surface area contributed by atoms with Crippen LogP contribution in [0.1, 0.15) is 29.3 Å². The molecule has 0 spiro atoms. The van der Waals surface area contributed by atoms with E-state index in [0.717, 1.165) is 23.9 Å². The minimum atomic E-state index is 0. The summed E-state index contributed by atoms with van der Waals surface area (Å²) in [6, 6.07) is 8.83. The number of hydrogen-bond acceptors (Lipinski definition) is 5. The van der Waals surface area contributed by atoms with Gasteiger partial charge in [-0.25, -0.2) is 9.97 Å². The Morgan fingerprint density at radius 2 is 2.10 bits per heavy atom. The lowest BCUT2D eigenvalue weighted by Crippen LogP contribution is -2.42. The average molecular weight is 537 g/mol. The lowest BCUT2D eigenvalue weighted by atomic mass is 10.2. The van der Waals surface area contributed by atoms with Crippen LogP contribution >= 0.6 is 35.3 Å². The van der Waals surface area contributed by atoms with E-state index in [0.29, 0.717) is 12.6 Å². The first kappa shape index (κ1) is 22.7. The number of guanidine groups is 1. The van der Waals surface area contributed by atoms with Gasteiger partial charge in [-0.15, -0.1) is 35.3 Å². The number of thiophene rings is 1. The Balaban J connectivity index is 0.00000256. The Kier molecular flexibility index (Phi) is 8.64. The summed E-state index contributed by atoms with van der Waals surface area (Å²) in [5.74, 6) is 1.67. The Morgan fingerprint density at radius 3 is 2.73 bits per heavy atom. The number of nitrogens with one attached hydrogen (secondary N) is 2. The van der Waals surface area contributed by atoms with Crippen molar-refractivity contribution in [3.63, 3.8) is 0 Å². The zero-order valence-corrected chi connectivity index (χ0v) is 20.2. The van der Waals surface area contributed by atoms with Gasteiger partial charge in [0.1, 0.15) is 12.1 Å². The monoisotopic (exact) mass is 537 g/mol. The zero-order chi connectivity index (χ0) is 19.9. The Bertz CT molecular complexity index is 888. The Labute approximate surface area is 198 Å². The molecule has 0 aliphatic carbocycles. The predicted octanol–water partition coefficient (Wildman–Crippen LogP) is 3.45. The van der Waals surface area contributed by atoms with Crippen molar-refractivity contribution in [2.24, 2.45) is 4.99 Å². The van der Waals surface area contributed by atoms with Crippen LogP contribution in [-0.4, -0.2) is 52.1 Å². The molecule has 0 radical (unpaired) electrons. The van der Waals surface area contributed by atoms with Gasteiger partial charge in [-0.1, -0.05) is 12.1 Å². The molecule has 1 saturated heterocycles. The summed E-state index contributed by atoms with van der Waals surface area (Å²) in [4.78, 5) is 16.9. The van der Waals surface area contributed by atoms with Gasteiger partial charge in [0, 0.05) is 43.6 Å². The largest absolute Gasteiger partial charge is 0.354 e. The van der Waals surface area contributed by atoms with E-state index >= 15 is 0 Å². The third-order valence-corrected chi connectivity index (χ3v) is 6.15. The normalized spacial score (nSPS) is 15.6. The fraction of sp³-hybridized carbons (Fsp3) is 0.381. The van der Waals surface area contributed by atoms with Gasteiger partial charge in [0.05, 0.1) is 6.04 Å². The molecule has 0 bridgehead atoms. The van der Waals surface area contributed by atoms with Crippen LogP contribution in [0.25, 0.3) is 5.82 Å². The van der Waals surface area contributed by atoms with Crippen molar-refractivity contribution in [3.8, 4) is 5.82 Å². The average Bonchev–Trinajstić information content (AvgIpc) is 3.54.